The van der Waals surface area contributed by atoms with Gasteiger partial charge >= 0.3 is 0 Å². The average molecular weight is 306 g/mol. The standard InChI is InChI=1S/C18H23NO.ClH/c1-2-19-14-13-17(16-9-5-3-6-10-16)15-20-18-11-7-4-8-12-18;/h3-12,17,19H,2,13-15H2,1H3;1H. The Kier molecular flexibility index (Phi) is 8.56. The monoisotopic (exact) mass is 305 g/mol. The molecule has 0 saturated carbocycles. The average Bonchev–Trinajstić information content (AvgIpc) is 2.52. The summed E-state index contributed by atoms with van der Waals surface area (Å²) in [6.45, 7) is 4.90. The number of halogens is 1. The van der Waals surface area contributed by atoms with Gasteiger partial charge in [0.05, 0.1) is 6.61 Å². The van der Waals surface area contributed by atoms with Gasteiger partial charge < -0.3 is 10.1 Å². The molecule has 114 valence electrons. The molecule has 0 saturated heterocycles. The summed E-state index contributed by atoms with van der Waals surface area (Å²) in [4.78, 5) is 0. The number of ether oxygens (including phenoxy) is 1. The molecule has 1 atom stereocenters. The van der Waals surface area contributed by atoms with Crippen LogP contribution >= 0.6 is 12.4 Å². The molecule has 0 spiro atoms. The fourth-order valence-corrected chi connectivity index (χ4v) is 2.24. The molecule has 0 aromatic heterocycles. The number of para-hydroxylation sites is 1. The molecule has 0 amide bonds. The molecule has 0 aliphatic heterocycles. The molecule has 1 N–H and O–H groups in total. The highest BCUT2D eigenvalue weighted by molar-refractivity contribution is 5.85. The van der Waals surface area contributed by atoms with E-state index in [9.17, 15) is 0 Å². The molecule has 0 heterocycles. The SMILES string of the molecule is CCNCCC(COc1ccccc1)c1ccccc1.Cl. The molecule has 3 heteroatoms. The predicted molar refractivity (Wildman–Crippen MR) is 91.5 cm³/mol. The molecule has 0 bridgehead atoms. The third kappa shape index (κ3) is 6.19. The fraction of sp³-hybridized carbons (Fsp3) is 0.333. The van der Waals surface area contributed by atoms with Gasteiger partial charge in [0.1, 0.15) is 5.75 Å². The second-order valence-corrected chi connectivity index (χ2v) is 4.87. The topological polar surface area (TPSA) is 21.3 Å². The van der Waals surface area contributed by atoms with Crippen molar-refractivity contribution >= 4 is 12.4 Å². The van der Waals surface area contributed by atoms with Gasteiger partial charge in [-0.1, -0.05) is 55.5 Å². The van der Waals surface area contributed by atoms with Crippen LogP contribution < -0.4 is 10.1 Å². The number of hydrogen-bond donors (Lipinski definition) is 1. The minimum Gasteiger partial charge on any atom is -0.493 e. The Morgan fingerprint density at radius 2 is 1.57 bits per heavy atom. The van der Waals surface area contributed by atoms with Gasteiger partial charge in [0.2, 0.25) is 0 Å². The summed E-state index contributed by atoms with van der Waals surface area (Å²) < 4.78 is 5.93. The van der Waals surface area contributed by atoms with Crippen LogP contribution in [0.3, 0.4) is 0 Å². The number of benzene rings is 2. The van der Waals surface area contributed by atoms with Crippen molar-refractivity contribution in [2.45, 2.75) is 19.3 Å². The van der Waals surface area contributed by atoms with Crippen molar-refractivity contribution in [2.24, 2.45) is 0 Å². The first-order valence-electron chi connectivity index (χ1n) is 7.33. The van der Waals surface area contributed by atoms with Gasteiger partial charge in [0.15, 0.2) is 0 Å². The molecule has 0 fully saturated rings. The maximum atomic E-state index is 5.93. The van der Waals surface area contributed by atoms with Crippen LogP contribution in [0.4, 0.5) is 0 Å². The van der Waals surface area contributed by atoms with Crippen molar-refractivity contribution in [2.75, 3.05) is 19.7 Å². The largest absolute Gasteiger partial charge is 0.493 e. The normalized spacial score (nSPS) is 11.5. The number of rotatable bonds is 8. The van der Waals surface area contributed by atoms with Crippen LogP contribution in [-0.2, 0) is 0 Å². The van der Waals surface area contributed by atoms with Crippen molar-refractivity contribution in [3.63, 3.8) is 0 Å². The molecular weight excluding hydrogens is 282 g/mol. The molecule has 21 heavy (non-hydrogen) atoms. The Hall–Kier alpha value is -1.51. The Labute approximate surface area is 133 Å². The van der Waals surface area contributed by atoms with Crippen molar-refractivity contribution in [1.29, 1.82) is 0 Å². The van der Waals surface area contributed by atoms with Gasteiger partial charge in [-0.15, -0.1) is 12.4 Å². The maximum Gasteiger partial charge on any atom is 0.119 e. The van der Waals surface area contributed by atoms with Gasteiger partial charge in [-0.2, -0.15) is 0 Å². The van der Waals surface area contributed by atoms with Crippen LogP contribution in [0.25, 0.3) is 0 Å². The first-order valence-corrected chi connectivity index (χ1v) is 7.33. The van der Waals surface area contributed by atoms with Gasteiger partial charge in [0, 0.05) is 5.92 Å². The molecule has 2 aromatic rings. The highest BCUT2D eigenvalue weighted by Gasteiger charge is 2.11. The molecule has 0 aliphatic carbocycles. The van der Waals surface area contributed by atoms with Crippen molar-refractivity contribution in [1.82, 2.24) is 5.32 Å². The lowest BCUT2D eigenvalue weighted by molar-refractivity contribution is 0.280. The summed E-state index contributed by atoms with van der Waals surface area (Å²) >= 11 is 0. The quantitative estimate of drug-likeness (QED) is 0.735. The molecule has 2 nitrogen and oxygen atoms in total. The first-order chi connectivity index (χ1) is 9.90. The minimum absolute atomic E-state index is 0. The van der Waals surface area contributed by atoms with Gasteiger partial charge in [-0.3, -0.25) is 0 Å². The molecule has 1 unspecified atom stereocenters. The van der Waals surface area contributed by atoms with E-state index >= 15 is 0 Å². The van der Waals surface area contributed by atoms with Crippen molar-refractivity contribution < 1.29 is 4.74 Å². The van der Waals surface area contributed by atoms with Crippen LogP contribution in [-0.4, -0.2) is 19.7 Å². The van der Waals surface area contributed by atoms with E-state index < -0.39 is 0 Å². The highest BCUT2D eigenvalue weighted by atomic mass is 35.5. The van der Waals surface area contributed by atoms with Crippen molar-refractivity contribution in [3.8, 4) is 5.75 Å². The summed E-state index contributed by atoms with van der Waals surface area (Å²) in [5.74, 6) is 1.37. The van der Waals surface area contributed by atoms with Crippen LogP contribution in [0.1, 0.15) is 24.8 Å². The molecule has 2 rings (SSSR count). The van der Waals surface area contributed by atoms with E-state index in [4.69, 9.17) is 4.74 Å². The second kappa shape index (κ2) is 10.3. The summed E-state index contributed by atoms with van der Waals surface area (Å²) in [6.07, 6.45) is 1.09. The summed E-state index contributed by atoms with van der Waals surface area (Å²) in [5.41, 5.74) is 1.35. The maximum absolute atomic E-state index is 5.93. The Balaban J connectivity index is 0.00000220. The van der Waals surface area contributed by atoms with Crippen molar-refractivity contribution in [3.05, 3.63) is 66.2 Å². The Bertz CT molecular complexity index is 475. The molecule has 2 aromatic carbocycles. The first kappa shape index (κ1) is 17.5. The van der Waals surface area contributed by atoms with E-state index in [0.717, 1.165) is 31.9 Å². The minimum atomic E-state index is 0. The van der Waals surface area contributed by atoms with Gasteiger partial charge in [-0.25, -0.2) is 0 Å². The van der Waals surface area contributed by atoms with E-state index in [1.165, 1.54) is 5.56 Å². The number of nitrogens with one attached hydrogen (secondary N) is 1. The van der Waals surface area contributed by atoms with Crippen LogP contribution in [0.2, 0.25) is 0 Å². The van der Waals surface area contributed by atoms with Crippen LogP contribution in [0.15, 0.2) is 60.7 Å². The van der Waals surface area contributed by atoms with Gasteiger partial charge in [-0.05, 0) is 37.2 Å². The zero-order valence-corrected chi connectivity index (χ0v) is 13.3. The van der Waals surface area contributed by atoms with E-state index in [0.29, 0.717) is 5.92 Å². The zero-order chi connectivity index (χ0) is 14.0. The zero-order valence-electron chi connectivity index (χ0n) is 12.5. The molecule has 0 radical (unpaired) electrons. The predicted octanol–water partition coefficient (Wildman–Crippen LogP) is 4.27. The summed E-state index contributed by atoms with van der Waals surface area (Å²) in [5, 5.41) is 3.39. The number of hydrogen-bond acceptors (Lipinski definition) is 2. The lowest BCUT2D eigenvalue weighted by atomic mass is 9.96. The van der Waals surface area contributed by atoms with E-state index in [-0.39, 0.29) is 12.4 Å². The molecular formula is C18H24ClNO. The second-order valence-electron chi connectivity index (χ2n) is 4.87. The third-order valence-corrected chi connectivity index (χ3v) is 3.38. The van der Waals surface area contributed by atoms with E-state index in [2.05, 4.69) is 42.6 Å². The third-order valence-electron chi connectivity index (χ3n) is 3.38. The lowest BCUT2D eigenvalue weighted by Crippen LogP contribution is -2.20. The molecule has 0 aliphatic rings. The summed E-state index contributed by atoms with van der Waals surface area (Å²) in [6, 6.07) is 20.7. The van der Waals surface area contributed by atoms with Crippen LogP contribution in [0, 0.1) is 0 Å². The smallest absolute Gasteiger partial charge is 0.119 e. The van der Waals surface area contributed by atoms with E-state index in [1.807, 2.05) is 30.3 Å². The van der Waals surface area contributed by atoms with Gasteiger partial charge in [0.25, 0.3) is 0 Å². The fourth-order valence-electron chi connectivity index (χ4n) is 2.24. The van der Waals surface area contributed by atoms with Crippen LogP contribution in [0.5, 0.6) is 5.75 Å². The Morgan fingerprint density at radius 3 is 2.19 bits per heavy atom. The highest BCUT2D eigenvalue weighted by Crippen LogP contribution is 2.21. The Morgan fingerprint density at radius 1 is 0.952 bits per heavy atom. The summed E-state index contributed by atoms with van der Waals surface area (Å²) in [7, 11) is 0. The lowest BCUT2D eigenvalue weighted by Gasteiger charge is -2.18. The van der Waals surface area contributed by atoms with E-state index in [1.54, 1.807) is 0 Å².